The van der Waals surface area contributed by atoms with Gasteiger partial charge in [-0.15, -0.1) is 23.7 Å². The maximum Gasteiger partial charge on any atom is 0.230 e. The molecule has 0 bridgehead atoms. The average Bonchev–Trinajstić information content (AvgIpc) is 3.28. The molecule has 2 aromatic heterocycles. The smallest absolute Gasteiger partial charge is 0.230 e. The molecule has 0 aliphatic rings. The van der Waals surface area contributed by atoms with Gasteiger partial charge in [0.25, 0.3) is 0 Å². The van der Waals surface area contributed by atoms with Gasteiger partial charge in [0.05, 0.1) is 24.4 Å². The molecule has 2 aromatic carbocycles. The minimum atomic E-state index is -0.0849. The first-order valence-corrected chi connectivity index (χ1v) is 10.5. The van der Waals surface area contributed by atoms with E-state index in [0.29, 0.717) is 18.0 Å². The first kappa shape index (κ1) is 21.9. The Bertz CT molecular complexity index is 1180. The lowest BCUT2D eigenvalue weighted by atomic mass is 10.0. The summed E-state index contributed by atoms with van der Waals surface area (Å²) in [4.78, 5) is 18.3. The molecular weight excluding hydrogens is 418 g/mol. The number of ether oxygens (including phenoxy) is 1. The number of hydrogen-bond donors (Lipinski definition) is 1. The molecule has 0 spiro atoms. The molecule has 5 nitrogen and oxygen atoms in total. The van der Waals surface area contributed by atoms with Gasteiger partial charge >= 0.3 is 0 Å². The highest BCUT2D eigenvalue weighted by Gasteiger charge is 2.14. The van der Waals surface area contributed by atoms with Crippen molar-refractivity contribution in [1.82, 2.24) is 9.38 Å². The largest absolute Gasteiger partial charge is 0.492 e. The van der Waals surface area contributed by atoms with E-state index in [0.717, 1.165) is 21.9 Å². The van der Waals surface area contributed by atoms with Crippen LogP contribution in [0.4, 0.5) is 5.69 Å². The molecule has 7 heteroatoms. The molecule has 1 amide bonds. The van der Waals surface area contributed by atoms with Crippen molar-refractivity contribution in [1.29, 1.82) is 0 Å². The summed E-state index contributed by atoms with van der Waals surface area (Å²) in [6, 6.07) is 13.8. The van der Waals surface area contributed by atoms with Gasteiger partial charge in [-0.1, -0.05) is 24.3 Å². The number of carbonyl (C=O) groups is 1. The van der Waals surface area contributed by atoms with E-state index >= 15 is 0 Å². The fraction of sp³-hybridized carbons (Fsp3) is 0.217. The number of aromatic nitrogens is 2. The summed E-state index contributed by atoms with van der Waals surface area (Å²) in [5.41, 5.74) is 6.12. The maximum absolute atomic E-state index is 12.6. The number of benzene rings is 2. The minimum Gasteiger partial charge on any atom is -0.492 e. The second-order valence-electron chi connectivity index (χ2n) is 6.96. The van der Waals surface area contributed by atoms with Crippen LogP contribution in [0.15, 0.2) is 54.0 Å². The molecular formula is C23H24ClN3O2S. The van der Waals surface area contributed by atoms with Gasteiger partial charge in [-0.2, -0.15) is 0 Å². The van der Waals surface area contributed by atoms with E-state index in [1.54, 1.807) is 11.3 Å². The lowest BCUT2D eigenvalue weighted by Gasteiger charge is -2.11. The van der Waals surface area contributed by atoms with Crippen molar-refractivity contribution in [2.45, 2.75) is 27.2 Å². The highest BCUT2D eigenvalue weighted by Crippen LogP contribution is 2.27. The maximum atomic E-state index is 12.6. The Hall–Kier alpha value is -2.83. The number of fused-ring (bicyclic) bond motifs is 1. The number of rotatable bonds is 6. The van der Waals surface area contributed by atoms with Crippen molar-refractivity contribution in [3.63, 3.8) is 0 Å². The SMILES string of the molecule is CCOc1ccccc1NC(=O)Cc1csc2nc(-c3ccc(C)c(C)c3)cn12.Cl. The second-order valence-corrected chi connectivity index (χ2v) is 7.80. The van der Waals surface area contributed by atoms with Crippen LogP contribution in [0.3, 0.4) is 0 Å². The summed E-state index contributed by atoms with van der Waals surface area (Å²) in [7, 11) is 0. The van der Waals surface area contributed by atoms with Gasteiger partial charge in [0.1, 0.15) is 5.75 Å². The fourth-order valence-electron chi connectivity index (χ4n) is 3.21. The van der Waals surface area contributed by atoms with Crippen LogP contribution in [0.5, 0.6) is 5.75 Å². The summed E-state index contributed by atoms with van der Waals surface area (Å²) < 4.78 is 7.59. The van der Waals surface area contributed by atoms with Gasteiger partial charge in [-0.25, -0.2) is 4.98 Å². The summed E-state index contributed by atoms with van der Waals surface area (Å²) in [5.74, 6) is 0.594. The predicted octanol–water partition coefficient (Wildman–Crippen LogP) is 5.68. The molecule has 156 valence electrons. The number of nitrogens with one attached hydrogen (secondary N) is 1. The minimum absolute atomic E-state index is 0. The summed E-state index contributed by atoms with van der Waals surface area (Å²) in [6.07, 6.45) is 2.27. The van der Waals surface area contributed by atoms with Gasteiger partial charge in [0.15, 0.2) is 4.96 Å². The Balaban J connectivity index is 0.00000256. The quantitative estimate of drug-likeness (QED) is 0.418. The molecule has 0 aliphatic carbocycles. The van der Waals surface area contributed by atoms with Crippen LogP contribution in [0.25, 0.3) is 16.2 Å². The van der Waals surface area contributed by atoms with Crippen molar-refractivity contribution in [2.24, 2.45) is 0 Å². The molecule has 0 saturated heterocycles. The van der Waals surface area contributed by atoms with Crippen LogP contribution in [0.1, 0.15) is 23.7 Å². The fourth-order valence-corrected chi connectivity index (χ4v) is 4.08. The van der Waals surface area contributed by atoms with Crippen molar-refractivity contribution >= 4 is 40.3 Å². The third-order valence-electron chi connectivity index (χ3n) is 4.89. The molecule has 0 radical (unpaired) electrons. The Kier molecular flexibility index (Phi) is 6.80. The number of thiazole rings is 1. The van der Waals surface area contributed by atoms with Gasteiger partial charge < -0.3 is 10.1 Å². The number of carbonyl (C=O) groups excluding carboxylic acids is 1. The van der Waals surface area contributed by atoms with Crippen LogP contribution in [-0.2, 0) is 11.2 Å². The molecule has 4 aromatic rings. The monoisotopic (exact) mass is 441 g/mol. The Morgan fingerprint density at radius 3 is 2.73 bits per heavy atom. The van der Waals surface area contributed by atoms with Crippen LogP contribution >= 0.6 is 23.7 Å². The zero-order chi connectivity index (χ0) is 20.4. The van der Waals surface area contributed by atoms with Crippen LogP contribution < -0.4 is 10.1 Å². The number of aryl methyl sites for hydroxylation is 2. The molecule has 0 aliphatic heterocycles. The second kappa shape index (κ2) is 9.32. The Labute approximate surface area is 186 Å². The van der Waals surface area contributed by atoms with Gasteiger partial charge in [-0.05, 0) is 50.1 Å². The van der Waals surface area contributed by atoms with E-state index < -0.39 is 0 Å². The third-order valence-corrected chi connectivity index (χ3v) is 5.78. The molecule has 0 atom stereocenters. The zero-order valence-electron chi connectivity index (χ0n) is 17.1. The number of imidazole rings is 1. The zero-order valence-corrected chi connectivity index (χ0v) is 18.8. The standard InChI is InChI=1S/C23H23N3O2S.ClH/c1-4-28-21-8-6-5-7-19(21)24-22(27)12-18-14-29-23-25-20(13-26(18)23)17-10-9-15(2)16(3)11-17;/h5-11,13-14H,4,12H2,1-3H3,(H,24,27);1H. The van der Waals surface area contributed by atoms with Crippen LogP contribution in [-0.4, -0.2) is 21.9 Å². The highest BCUT2D eigenvalue weighted by molar-refractivity contribution is 7.15. The van der Waals surface area contributed by atoms with Gasteiger partial charge in [0, 0.05) is 22.8 Å². The first-order valence-electron chi connectivity index (χ1n) is 9.60. The topological polar surface area (TPSA) is 55.6 Å². The van der Waals surface area contributed by atoms with Crippen molar-refractivity contribution in [2.75, 3.05) is 11.9 Å². The van der Waals surface area contributed by atoms with Crippen molar-refractivity contribution < 1.29 is 9.53 Å². The van der Waals surface area contributed by atoms with Gasteiger partial charge in [0.2, 0.25) is 5.91 Å². The van der Waals surface area contributed by atoms with E-state index in [4.69, 9.17) is 9.72 Å². The van der Waals surface area contributed by atoms with Crippen molar-refractivity contribution in [3.05, 3.63) is 70.9 Å². The van der Waals surface area contributed by atoms with E-state index in [2.05, 4.69) is 37.4 Å². The number of amides is 1. The molecule has 1 N–H and O–H groups in total. The average molecular weight is 442 g/mol. The van der Waals surface area contributed by atoms with Crippen LogP contribution in [0, 0.1) is 13.8 Å². The van der Waals surface area contributed by atoms with Gasteiger partial charge in [-0.3, -0.25) is 9.20 Å². The molecule has 30 heavy (non-hydrogen) atoms. The predicted molar refractivity (Wildman–Crippen MR) is 125 cm³/mol. The number of hydrogen-bond acceptors (Lipinski definition) is 4. The van der Waals surface area contributed by atoms with Crippen LogP contribution in [0.2, 0.25) is 0 Å². The van der Waals surface area contributed by atoms with E-state index in [-0.39, 0.29) is 24.7 Å². The number of nitrogens with zero attached hydrogens (tertiary/aromatic N) is 2. The Morgan fingerprint density at radius 2 is 1.97 bits per heavy atom. The Morgan fingerprint density at radius 1 is 1.17 bits per heavy atom. The highest BCUT2D eigenvalue weighted by atomic mass is 35.5. The summed E-state index contributed by atoms with van der Waals surface area (Å²) in [5, 5.41) is 4.94. The number of para-hydroxylation sites is 2. The lowest BCUT2D eigenvalue weighted by Crippen LogP contribution is -2.16. The first-order chi connectivity index (χ1) is 14.0. The van der Waals surface area contributed by atoms with E-state index in [1.807, 2.05) is 47.2 Å². The molecule has 0 saturated carbocycles. The normalized spacial score (nSPS) is 10.6. The summed E-state index contributed by atoms with van der Waals surface area (Å²) in [6.45, 7) is 6.68. The lowest BCUT2D eigenvalue weighted by molar-refractivity contribution is -0.115. The third kappa shape index (κ3) is 4.50. The molecule has 0 fully saturated rings. The number of halogens is 1. The number of anilines is 1. The van der Waals surface area contributed by atoms with E-state index in [9.17, 15) is 4.79 Å². The summed E-state index contributed by atoms with van der Waals surface area (Å²) >= 11 is 1.54. The van der Waals surface area contributed by atoms with Crippen molar-refractivity contribution in [3.8, 4) is 17.0 Å². The molecule has 2 heterocycles. The van der Waals surface area contributed by atoms with E-state index in [1.165, 1.54) is 11.1 Å². The molecule has 4 rings (SSSR count). The molecule has 0 unspecified atom stereocenters.